The molecule has 2 rings (SSSR count). The molecular formula is C11H19N3O2. The molecular weight excluding hydrogens is 206 g/mol. The van der Waals surface area contributed by atoms with E-state index in [1.165, 1.54) is 6.39 Å². The van der Waals surface area contributed by atoms with E-state index in [1.807, 2.05) is 0 Å². The van der Waals surface area contributed by atoms with Crippen LogP contribution in [0.5, 0.6) is 0 Å². The van der Waals surface area contributed by atoms with Gasteiger partial charge in [-0.25, -0.2) is 0 Å². The van der Waals surface area contributed by atoms with Crippen molar-refractivity contribution in [2.24, 2.45) is 5.92 Å². The first-order chi connectivity index (χ1) is 7.75. The molecule has 0 aromatic carbocycles. The Hall–Kier alpha value is -0.940. The Balaban J connectivity index is 1.77. The molecule has 0 bridgehead atoms. The molecule has 5 nitrogen and oxygen atoms in total. The molecule has 1 fully saturated rings. The van der Waals surface area contributed by atoms with Gasteiger partial charge in [-0.2, -0.15) is 4.98 Å². The summed E-state index contributed by atoms with van der Waals surface area (Å²) in [6.07, 6.45) is 3.85. The van der Waals surface area contributed by atoms with Gasteiger partial charge in [-0.05, 0) is 18.8 Å². The molecule has 0 radical (unpaired) electrons. The molecule has 0 saturated carbocycles. The van der Waals surface area contributed by atoms with Crippen molar-refractivity contribution in [2.45, 2.75) is 45.4 Å². The summed E-state index contributed by atoms with van der Waals surface area (Å²) >= 11 is 0. The predicted molar refractivity (Wildman–Crippen MR) is 58.7 cm³/mol. The van der Waals surface area contributed by atoms with E-state index in [0.717, 1.165) is 19.4 Å². The van der Waals surface area contributed by atoms with E-state index >= 15 is 0 Å². The maximum atomic E-state index is 5.72. The van der Waals surface area contributed by atoms with Crippen molar-refractivity contribution in [1.29, 1.82) is 0 Å². The summed E-state index contributed by atoms with van der Waals surface area (Å²) in [5, 5.41) is 7.22. The lowest BCUT2D eigenvalue weighted by Gasteiger charge is -2.32. The number of rotatable bonds is 4. The average Bonchev–Trinajstić information content (AvgIpc) is 2.79. The monoisotopic (exact) mass is 225 g/mol. The van der Waals surface area contributed by atoms with Crippen molar-refractivity contribution in [1.82, 2.24) is 15.5 Å². The van der Waals surface area contributed by atoms with E-state index in [1.54, 1.807) is 0 Å². The number of nitrogens with zero attached hydrogens (tertiary/aromatic N) is 2. The van der Waals surface area contributed by atoms with Gasteiger partial charge in [-0.1, -0.05) is 19.0 Å². The lowest BCUT2D eigenvalue weighted by molar-refractivity contribution is -0.0246. The Morgan fingerprint density at radius 2 is 2.44 bits per heavy atom. The van der Waals surface area contributed by atoms with E-state index in [4.69, 9.17) is 4.74 Å². The lowest BCUT2D eigenvalue weighted by Crippen LogP contribution is -2.40. The SMILES string of the molecule is CC(C)C1CC(NCc2ncon2)CCO1. The van der Waals surface area contributed by atoms with Gasteiger partial charge in [0.15, 0.2) is 5.82 Å². The molecule has 0 amide bonds. The molecule has 5 heteroatoms. The summed E-state index contributed by atoms with van der Waals surface area (Å²) in [7, 11) is 0. The number of hydrogen-bond acceptors (Lipinski definition) is 5. The quantitative estimate of drug-likeness (QED) is 0.838. The fourth-order valence-corrected chi connectivity index (χ4v) is 1.98. The van der Waals surface area contributed by atoms with Crippen LogP contribution in [0.4, 0.5) is 0 Å². The normalized spacial score (nSPS) is 26.2. The Morgan fingerprint density at radius 3 is 3.12 bits per heavy atom. The first kappa shape index (κ1) is 11.5. The van der Waals surface area contributed by atoms with E-state index in [2.05, 4.69) is 33.8 Å². The fraction of sp³-hybridized carbons (Fsp3) is 0.818. The van der Waals surface area contributed by atoms with Gasteiger partial charge >= 0.3 is 0 Å². The van der Waals surface area contributed by atoms with Crippen molar-refractivity contribution in [2.75, 3.05) is 6.61 Å². The highest BCUT2D eigenvalue weighted by Gasteiger charge is 2.24. The Kier molecular flexibility index (Phi) is 3.90. The zero-order chi connectivity index (χ0) is 11.4. The van der Waals surface area contributed by atoms with Gasteiger partial charge in [-0.15, -0.1) is 0 Å². The molecule has 90 valence electrons. The summed E-state index contributed by atoms with van der Waals surface area (Å²) in [5.41, 5.74) is 0. The maximum Gasteiger partial charge on any atom is 0.213 e. The van der Waals surface area contributed by atoms with E-state index in [0.29, 0.717) is 30.4 Å². The number of nitrogens with one attached hydrogen (secondary N) is 1. The molecule has 1 aliphatic rings. The maximum absolute atomic E-state index is 5.72. The van der Waals surface area contributed by atoms with Gasteiger partial charge in [0.1, 0.15) is 0 Å². The van der Waals surface area contributed by atoms with E-state index < -0.39 is 0 Å². The van der Waals surface area contributed by atoms with Crippen molar-refractivity contribution >= 4 is 0 Å². The summed E-state index contributed by atoms with van der Waals surface area (Å²) in [6, 6.07) is 0.500. The zero-order valence-electron chi connectivity index (χ0n) is 9.85. The average molecular weight is 225 g/mol. The van der Waals surface area contributed by atoms with Crippen LogP contribution in [0.15, 0.2) is 10.9 Å². The third-order valence-corrected chi connectivity index (χ3v) is 3.01. The van der Waals surface area contributed by atoms with Gasteiger partial charge < -0.3 is 14.6 Å². The summed E-state index contributed by atoms with van der Waals surface area (Å²) in [6.45, 7) is 5.91. The van der Waals surface area contributed by atoms with Crippen LogP contribution in [0.1, 0.15) is 32.5 Å². The van der Waals surface area contributed by atoms with Crippen LogP contribution in [-0.4, -0.2) is 28.9 Å². The van der Waals surface area contributed by atoms with Gasteiger partial charge in [0.05, 0.1) is 12.6 Å². The fourth-order valence-electron chi connectivity index (χ4n) is 1.98. The molecule has 0 spiro atoms. The minimum absolute atomic E-state index is 0.372. The van der Waals surface area contributed by atoms with Crippen LogP contribution in [-0.2, 0) is 11.3 Å². The highest BCUT2D eigenvalue weighted by Crippen LogP contribution is 2.20. The summed E-state index contributed by atoms with van der Waals surface area (Å²) in [5.74, 6) is 1.29. The van der Waals surface area contributed by atoms with Crippen LogP contribution >= 0.6 is 0 Å². The summed E-state index contributed by atoms with van der Waals surface area (Å²) < 4.78 is 10.4. The van der Waals surface area contributed by atoms with E-state index in [-0.39, 0.29) is 0 Å². The van der Waals surface area contributed by atoms with Crippen molar-refractivity contribution in [3.8, 4) is 0 Å². The minimum Gasteiger partial charge on any atom is -0.378 e. The van der Waals surface area contributed by atoms with Gasteiger partial charge in [0.25, 0.3) is 0 Å². The minimum atomic E-state index is 0.372. The molecule has 1 saturated heterocycles. The molecule has 1 aromatic heterocycles. The second kappa shape index (κ2) is 5.41. The second-order valence-electron chi connectivity index (χ2n) is 4.60. The molecule has 2 heterocycles. The van der Waals surface area contributed by atoms with Gasteiger partial charge in [0, 0.05) is 12.6 Å². The van der Waals surface area contributed by atoms with Crippen molar-refractivity contribution in [3.63, 3.8) is 0 Å². The first-order valence-corrected chi connectivity index (χ1v) is 5.86. The Morgan fingerprint density at radius 1 is 1.56 bits per heavy atom. The molecule has 2 atom stereocenters. The Bertz CT molecular complexity index is 300. The molecule has 0 aliphatic carbocycles. The largest absolute Gasteiger partial charge is 0.378 e. The van der Waals surface area contributed by atoms with Gasteiger partial charge in [0.2, 0.25) is 6.39 Å². The Labute approximate surface area is 95.6 Å². The third-order valence-electron chi connectivity index (χ3n) is 3.01. The molecule has 1 aromatic rings. The van der Waals surface area contributed by atoms with Crippen LogP contribution in [0.25, 0.3) is 0 Å². The lowest BCUT2D eigenvalue weighted by atomic mass is 9.95. The third kappa shape index (κ3) is 3.02. The number of ether oxygens (including phenoxy) is 1. The van der Waals surface area contributed by atoms with Crippen LogP contribution in [0.2, 0.25) is 0 Å². The van der Waals surface area contributed by atoms with Crippen LogP contribution in [0.3, 0.4) is 0 Å². The molecule has 1 aliphatic heterocycles. The number of aromatic nitrogens is 2. The molecule has 1 N–H and O–H groups in total. The van der Waals surface area contributed by atoms with Crippen molar-refractivity contribution < 1.29 is 9.26 Å². The van der Waals surface area contributed by atoms with Gasteiger partial charge in [-0.3, -0.25) is 0 Å². The topological polar surface area (TPSA) is 60.2 Å². The van der Waals surface area contributed by atoms with Crippen LogP contribution < -0.4 is 5.32 Å². The standard InChI is InChI=1S/C11H19N3O2/c1-8(2)10-5-9(3-4-15-10)12-6-11-13-7-16-14-11/h7-10,12H,3-6H2,1-2H3. The van der Waals surface area contributed by atoms with Crippen molar-refractivity contribution in [3.05, 3.63) is 12.2 Å². The first-order valence-electron chi connectivity index (χ1n) is 5.86. The highest BCUT2D eigenvalue weighted by molar-refractivity contribution is 4.82. The van der Waals surface area contributed by atoms with Crippen LogP contribution in [0, 0.1) is 5.92 Å². The predicted octanol–water partition coefficient (Wildman–Crippen LogP) is 1.36. The molecule has 2 unspecified atom stereocenters. The van der Waals surface area contributed by atoms with E-state index in [9.17, 15) is 0 Å². The molecule has 16 heavy (non-hydrogen) atoms. The summed E-state index contributed by atoms with van der Waals surface area (Å²) in [4.78, 5) is 3.98. The highest BCUT2D eigenvalue weighted by atomic mass is 16.5. The number of hydrogen-bond donors (Lipinski definition) is 1. The smallest absolute Gasteiger partial charge is 0.213 e. The zero-order valence-corrected chi connectivity index (χ0v) is 9.85. The second-order valence-corrected chi connectivity index (χ2v) is 4.60.